The van der Waals surface area contributed by atoms with E-state index in [1.54, 1.807) is 11.1 Å². The summed E-state index contributed by atoms with van der Waals surface area (Å²) in [6.45, 7) is 5.87. The maximum absolute atomic E-state index is 3.73. The van der Waals surface area contributed by atoms with E-state index in [2.05, 4.69) is 37.4 Å². The third-order valence-electron chi connectivity index (χ3n) is 5.05. The number of fused-ring (bicyclic) bond motifs is 1. The van der Waals surface area contributed by atoms with E-state index in [0.717, 1.165) is 11.8 Å². The molecule has 2 aliphatic carbocycles. The lowest BCUT2D eigenvalue weighted by Crippen LogP contribution is -2.25. The Morgan fingerprint density at radius 2 is 1.84 bits per heavy atom. The van der Waals surface area contributed by atoms with Gasteiger partial charge >= 0.3 is 0 Å². The quantitative estimate of drug-likeness (QED) is 0.831. The van der Waals surface area contributed by atoms with Gasteiger partial charge in [-0.25, -0.2) is 0 Å². The summed E-state index contributed by atoms with van der Waals surface area (Å²) in [5.74, 6) is 1.85. The highest BCUT2D eigenvalue weighted by Crippen LogP contribution is 2.36. The van der Waals surface area contributed by atoms with Crippen LogP contribution in [-0.4, -0.2) is 6.54 Å². The lowest BCUT2D eigenvalue weighted by atomic mass is 9.89. The van der Waals surface area contributed by atoms with Gasteiger partial charge in [-0.1, -0.05) is 25.1 Å². The van der Waals surface area contributed by atoms with E-state index in [1.165, 1.54) is 50.6 Å². The Morgan fingerprint density at radius 1 is 1.11 bits per heavy atom. The van der Waals surface area contributed by atoms with Crippen LogP contribution in [0.15, 0.2) is 18.2 Å². The standard InChI is InChI=1S/C18H27N/c1-13(15-7-8-15)12-19-14(2)17-10-9-16-5-3-4-6-18(16)11-17/h9-11,13-15,19H,3-8,12H2,1-2H3. The van der Waals surface area contributed by atoms with E-state index in [0.29, 0.717) is 6.04 Å². The highest BCUT2D eigenvalue weighted by molar-refractivity contribution is 5.35. The van der Waals surface area contributed by atoms with E-state index in [1.807, 2.05) is 0 Å². The zero-order valence-electron chi connectivity index (χ0n) is 12.4. The average molecular weight is 257 g/mol. The van der Waals surface area contributed by atoms with Gasteiger partial charge in [-0.05, 0) is 80.5 Å². The minimum absolute atomic E-state index is 0.494. The van der Waals surface area contributed by atoms with Gasteiger partial charge in [-0.15, -0.1) is 0 Å². The van der Waals surface area contributed by atoms with Gasteiger partial charge in [0.1, 0.15) is 0 Å². The molecule has 0 aromatic heterocycles. The fourth-order valence-electron chi connectivity index (χ4n) is 3.34. The normalized spacial score (nSPS) is 21.8. The zero-order valence-corrected chi connectivity index (χ0v) is 12.4. The molecule has 1 fully saturated rings. The van der Waals surface area contributed by atoms with E-state index in [4.69, 9.17) is 0 Å². The fourth-order valence-corrected chi connectivity index (χ4v) is 3.34. The first kappa shape index (κ1) is 13.2. The molecular formula is C18H27N. The highest BCUT2D eigenvalue weighted by atomic mass is 14.9. The summed E-state index contributed by atoms with van der Waals surface area (Å²) in [7, 11) is 0. The van der Waals surface area contributed by atoms with Gasteiger partial charge in [0.2, 0.25) is 0 Å². The van der Waals surface area contributed by atoms with Crippen LogP contribution in [0.5, 0.6) is 0 Å². The second kappa shape index (κ2) is 5.66. The summed E-state index contributed by atoms with van der Waals surface area (Å²) in [6.07, 6.45) is 8.23. The first-order chi connectivity index (χ1) is 9.24. The molecule has 0 aliphatic heterocycles. The largest absolute Gasteiger partial charge is 0.310 e. The topological polar surface area (TPSA) is 12.0 Å². The molecule has 2 atom stereocenters. The minimum atomic E-state index is 0.494. The molecule has 1 saturated carbocycles. The Bertz CT molecular complexity index is 433. The Kier molecular flexibility index (Phi) is 3.93. The maximum atomic E-state index is 3.73. The first-order valence-electron chi connectivity index (χ1n) is 8.09. The van der Waals surface area contributed by atoms with Crippen molar-refractivity contribution < 1.29 is 0 Å². The van der Waals surface area contributed by atoms with Crippen LogP contribution in [-0.2, 0) is 12.8 Å². The summed E-state index contributed by atoms with van der Waals surface area (Å²) in [5, 5.41) is 3.73. The molecule has 1 nitrogen and oxygen atoms in total. The second-order valence-corrected chi connectivity index (χ2v) is 6.68. The van der Waals surface area contributed by atoms with Crippen molar-refractivity contribution in [2.24, 2.45) is 11.8 Å². The molecule has 3 rings (SSSR count). The molecular weight excluding hydrogens is 230 g/mol. The molecule has 0 amide bonds. The van der Waals surface area contributed by atoms with E-state index >= 15 is 0 Å². The van der Waals surface area contributed by atoms with E-state index in [-0.39, 0.29) is 0 Å². The van der Waals surface area contributed by atoms with Gasteiger partial charge in [-0.2, -0.15) is 0 Å². The molecule has 104 valence electrons. The Balaban J connectivity index is 1.60. The number of aryl methyl sites for hydroxylation is 2. The molecule has 1 N–H and O–H groups in total. The van der Waals surface area contributed by atoms with Crippen molar-refractivity contribution in [1.29, 1.82) is 0 Å². The lowest BCUT2D eigenvalue weighted by molar-refractivity contribution is 0.431. The number of hydrogen-bond acceptors (Lipinski definition) is 1. The summed E-state index contributed by atoms with van der Waals surface area (Å²) < 4.78 is 0. The molecule has 0 heterocycles. The smallest absolute Gasteiger partial charge is 0.0292 e. The van der Waals surface area contributed by atoms with Gasteiger partial charge in [-0.3, -0.25) is 0 Å². The number of hydrogen-bond donors (Lipinski definition) is 1. The SMILES string of the molecule is CC(NCC(C)C1CC1)c1ccc2c(c1)CCCC2. The summed E-state index contributed by atoms with van der Waals surface area (Å²) >= 11 is 0. The van der Waals surface area contributed by atoms with Crippen LogP contribution >= 0.6 is 0 Å². The molecule has 0 spiro atoms. The molecule has 0 radical (unpaired) electrons. The predicted molar refractivity (Wildman–Crippen MR) is 81.4 cm³/mol. The van der Waals surface area contributed by atoms with Crippen molar-refractivity contribution in [3.05, 3.63) is 34.9 Å². The van der Waals surface area contributed by atoms with E-state index in [9.17, 15) is 0 Å². The van der Waals surface area contributed by atoms with Crippen molar-refractivity contribution in [3.8, 4) is 0 Å². The van der Waals surface area contributed by atoms with Crippen molar-refractivity contribution in [3.63, 3.8) is 0 Å². The van der Waals surface area contributed by atoms with Crippen molar-refractivity contribution >= 4 is 0 Å². The monoisotopic (exact) mass is 257 g/mol. The highest BCUT2D eigenvalue weighted by Gasteiger charge is 2.27. The van der Waals surface area contributed by atoms with Crippen LogP contribution in [0.2, 0.25) is 0 Å². The third kappa shape index (κ3) is 3.20. The predicted octanol–water partition coefficient (Wildman–Crippen LogP) is 4.26. The molecule has 1 heteroatoms. The Labute approximate surface area is 117 Å². The van der Waals surface area contributed by atoms with Gasteiger partial charge in [0.25, 0.3) is 0 Å². The van der Waals surface area contributed by atoms with Gasteiger partial charge < -0.3 is 5.32 Å². The molecule has 2 unspecified atom stereocenters. The maximum Gasteiger partial charge on any atom is 0.0292 e. The van der Waals surface area contributed by atoms with Crippen molar-refractivity contribution in [1.82, 2.24) is 5.32 Å². The first-order valence-corrected chi connectivity index (χ1v) is 8.09. The summed E-state index contributed by atoms with van der Waals surface area (Å²) in [4.78, 5) is 0. The molecule has 0 saturated heterocycles. The van der Waals surface area contributed by atoms with Gasteiger partial charge in [0.15, 0.2) is 0 Å². The second-order valence-electron chi connectivity index (χ2n) is 6.68. The zero-order chi connectivity index (χ0) is 13.2. The van der Waals surface area contributed by atoms with Crippen LogP contribution < -0.4 is 5.32 Å². The van der Waals surface area contributed by atoms with Crippen LogP contribution in [0.4, 0.5) is 0 Å². The van der Waals surface area contributed by atoms with Crippen molar-refractivity contribution in [2.75, 3.05) is 6.54 Å². The third-order valence-corrected chi connectivity index (χ3v) is 5.05. The van der Waals surface area contributed by atoms with Crippen LogP contribution in [0, 0.1) is 11.8 Å². The van der Waals surface area contributed by atoms with Crippen LogP contribution in [0.25, 0.3) is 0 Å². The average Bonchev–Trinajstić information content (AvgIpc) is 3.28. The molecule has 0 bridgehead atoms. The Morgan fingerprint density at radius 3 is 2.58 bits per heavy atom. The fraction of sp³-hybridized carbons (Fsp3) is 0.667. The number of benzene rings is 1. The molecule has 1 aromatic rings. The summed E-state index contributed by atoms with van der Waals surface area (Å²) in [5.41, 5.74) is 4.67. The number of nitrogens with one attached hydrogen (secondary N) is 1. The van der Waals surface area contributed by atoms with Crippen LogP contribution in [0.1, 0.15) is 62.3 Å². The molecule has 1 aromatic carbocycles. The van der Waals surface area contributed by atoms with E-state index < -0.39 is 0 Å². The van der Waals surface area contributed by atoms with Gasteiger partial charge in [0.05, 0.1) is 0 Å². The van der Waals surface area contributed by atoms with Gasteiger partial charge in [0, 0.05) is 6.04 Å². The van der Waals surface area contributed by atoms with Crippen LogP contribution in [0.3, 0.4) is 0 Å². The number of rotatable bonds is 5. The summed E-state index contributed by atoms with van der Waals surface area (Å²) in [6, 6.07) is 7.65. The minimum Gasteiger partial charge on any atom is -0.310 e. The van der Waals surface area contributed by atoms with Crippen molar-refractivity contribution in [2.45, 2.75) is 58.4 Å². The lowest BCUT2D eigenvalue weighted by Gasteiger charge is -2.21. The molecule has 2 aliphatic rings. The Hall–Kier alpha value is -0.820. The molecule has 19 heavy (non-hydrogen) atoms.